The summed E-state index contributed by atoms with van der Waals surface area (Å²) < 4.78 is 5.02. The monoisotopic (exact) mass is 396 g/mol. The van der Waals surface area contributed by atoms with Crippen molar-refractivity contribution in [1.29, 1.82) is 0 Å². The molecule has 0 radical (unpaired) electrons. The van der Waals surface area contributed by atoms with Crippen molar-refractivity contribution in [2.75, 3.05) is 38.1 Å². The molecule has 0 atom stereocenters. The summed E-state index contributed by atoms with van der Waals surface area (Å²) in [7, 11) is 0. The summed E-state index contributed by atoms with van der Waals surface area (Å²) in [5, 5.41) is 3.41. The molecule has 1 saturated heterocycles. The summed E-state index contributed by atoms with van der Waals surface area (Å²) in [5.41, 5.74) is 3.45. The van der Waals surface area contributed by atoms with Crippen molar-refractivity contribution in [3.05, 3.63) is 53.9 Å². The van der Waals surface area contributed by atoms with E-state index in [0.29, 0.717) is 44.4 Å². The Balaban J connectivity index is 1.67. The summed E-state index contributed by atoms with van der Waals surface area (Å²) in [5.74, 6) is 0.256. The van der Waals surface area contributed by atoms with Gasteiger partial charge in [0, 0.05) is 43.8 Å². The lowest BCUT2D eigenvalue weighted by molar-refractivity contribution is 0.0566. The summed E-state index contributed by atoms with van der Waals surface area (Å²) >= 11 is 0. The predicted octanol–water partition coefficient (Wildman–Crippen LogP) is 3.86. The van der Waals surface area contributed by atoms with E-state index in [9.17, 15) is 9.59 Å². The van der Waals surface area contributed by atoms with Gasteiger partial charge < -0.3 is 19.9 Å². The van der Waals surface area contributed by atoms with E-state index < -0.39 is 0 Å². The van der Waals surface area contributed by atoms with Crippen LogP contribution in [0.1, 0.15) is 42.7 Å². The van der Waals surface area contributed by atoms with Gasteiger partial charge in [0.15, 0.2) is 0 Å². The zero-order chi connectivity index (χ0) is 20.8. The lowest BCUT2D eigenvalue weighted by Crippen LogP contribution is -2.50. The molecule has 0 spiro atoms. The minimum Gasteiger partial charge on any atom is -0.450 e. The molecule has 7 heteroatoms. The minimum absolute atomic E-state index is 0.130. The van der Waals surface area contributed by atoms with Gasteiger partial charge in [0.25, 0.3) is 5.91 Å². The standard InChI is InChI=1S/C22H28N4O3/c1-4-29-22(28)26-13-11-25(12-14-26)21(27)20-15-17(9-10-23-20)24-19-8-6-5-7-18(19)16(2)3/h5-10,15-16H,4,11-14H2,1-3H3,(H,23,24). The number of para-hydroxylation sites is 1. The molecule has 3 rings (SSSR count). The van der Waals surface area contributed by atoms with Gasteiger partial charge in [-0.25, -0.2) is 4.79 Å². The van der Waals surface area contributed by atoms with Crippen molar-refractivity contribution in [3.63, 3.8) is 0 Å². The first-order valence-electron chi connectivity index (χ1n) is 10.0. The van der Waals surface area contributed by atoms with Gasteiger partial charge in [-0.1, -0.05) is 32.0 Å². The van der Waals surface area contributed by atoms with E-state index in [4.69, 9.17) is 4.74 Å². The lowest BCUT2D eigenvalue weighted by Gasteiger charge is -2.33. The Hall–Kier alpha value is -3.09. The molecule has 0 bridgehead atoms. The summed E-state index contributed by atoms with van der Waals surface area (Å²) in [6.07, 6.45) is 1.32. The number of benzene rings is 1. The van der Waals surface area contributed by atoms with Crippen molar-refractivity contribution < 1.29 is 14.3 Å². The maximum atomic E-state index is 12.9. The first-order valence-corrected chi connectivity index (χ1v) is 10.0. The van der Waals surface area contributed by atoms with Crippen molar-refractivity contribution in [2.45, 2.75) is 26.7 Å². The third-order valence-electron chi connectivity index (χ3n) is 4.93. The molecule has 1 aliphatic rings. The number of ether oxygens (including phenoxy) is 1. The number of piperazine rings is 1. The van der Waals surface area contributed by atoms with E-state index >= 15 is 0 Å². The van der Waals surface area contributed by atoms with Gasteiger partial charge >= 0.3 is 6.09 Å². The molecule has 1 fully saturated rings. The highest BCUT2D eigenvalue weighted by Crippen LogP contribution is 2.27. The highest BCUT2D eigenvalue weighted by Gasteiger charge is 2.26. The van der Waals surface area contributed by atoms with E-state index in [2.05, 4.69) is 30.2 Å². The maximum absolute atomic E-state index is 12.9. The molecule has 2 aromatic rings. The molecule has 2 heterocycles. The van der Waals surface area contributed by atoms with Crippen LogP contribution < -0.4 is 5.32 Å². The van der Waals surface area contributed by atoms with Crippen LogP contribution in [0.2, 0.25) is 0 Å². The molecule has 0 aliphatic carbocycles. The van der Waals surface area contributed by atoms with Crippen molar-refractivity contribution in [3.8, 4) is 0 Å². The van der Waals surface area contributed by atoms with Crippen LogP contribution >= 0.6 is 0 Å². The second kappa shape index (κ2) is 9.41. The summed E-state index contributed by atoms with van der Waals surface area (Å²) in [4.78, 5) is 32.3. The highest BCUT2D eigenvalue weighted by atomic mass is 16.6. The Bertz CT molecular complexity index is 861. The maximum Gasteiger partial charge on any atom is 0.409 e. The van der Waals surface area contributed by atoms with Crippen LogP contribution in [0.25, 0.3) is 0 Å². The van der Waals surface area contributed by atoms with E-state index in [1.807, 2.05) is 24.3 Å². The van der Waals surface area contributed by atoms with Gasteiger partial charge in [-0.3, -0.25) is 9.78 Å². The van der Waals surface area contributed by atoms with Crippen molar-refractivity contribution >= 4 is 23.4 Å². The zero-order valence-electron chi connectivity index (χ0n) is 17.2. The number of carbonyl (C=O) groups excluding carboxylic acids is 2. The molecular formula is C22H28N4O3. The molecule has 1 aliphatic heterocycles. The third-order valence-corrected chi connectivity index (χ3v) is 4.93. The van der Waals surface area contributed by atoms with Crippen LogP contribution in [-0.2, 0) is 4.74 Å². The van der Waals surface area contributed by atoms with E-state index in [0.717, 1.165) is 11.4 Å². The quantitative estimate of drug-likeness (QED) is 0.831. The molecule has 1 aromatic heterocycles. The van der Waals surface area contributed by atoms with Crippen LogP contribution in [-0.4, -0.2) is 59.6 Å². The van der Waals surface area contributed by atoms with Gasteiger partial charge in [0.1, 0.15) is 5.69 Å². The number of nitrogens with one attached hydrogen (secondary N) is 1. The van der Waals surface area contributed by atoms with Gasteiger partial charge in [-0.05, 0) is 36.6 Å². The number of pyridine rings is 1. The number of hydrogen-bond acceptors (Lipinski definition) is 5. The average molecular weight is 396 g/mol. The van der Waals surface area contributed by atoms with Crippen LogP contribution in [0.3, 0.4) is 0 Å². The SMILES string of the molecule is CCOC(=O)N1CCN(C(=O)c2cc(Nc3ccccc3C(C)C)ccn2)CC1. The van der Waals surface area contributed by atoms with Crippen LogP contribution in [0.4, 0.5) is 16.2 Å². The van der Waals surface area contributed by atoms with Crippen molar-refractivity contribution in [1.82, 2.24) is 14.8 Å². The fourth-order valence-electron chi connectivity index (χ4n) is 3.36. The Morgan fingerprint density at radius 1 is 1.10 bits per heavy atom. The fourth-order valence-corrected chi connectivity index (χ4v) is 3.36. The normalized spacial score (nSPS) is 14.1. The number of anilines is 2. The molecular weight excluding hydrogens is 368 g/mol. The second-order valence-corrected chi connectivity index (χ2v) is 7.27. The van der Waals surface area contributed by atoms with E-state index in [-0.39, 0.29) is 12.0 Å². The first kappa shape index (κ1) is 20.6. The summed E-state index contributed by atoms with van der Waals surface area (Å²) in [6.45, 7) is 8.29. The highest BCUT2D eigenvalue weighted by molar-refractivity contribution is 5.93. The van der Waals surface area contributed by atoms with Crippen LogP contribution in [0.5, 0.6) is 0 Å². The van der Waals surface area contributed by atoms with Gasteiger partial charge in [0.2, 0.25) is 0 Å². The smallest absolute Gasteiger partial charge is 0.409 e. The lowest BCUT2D eigenvalue weighted by atomic mass is 10.0. The molecule has 29 heavy (non-hydrogen) atoms. The molecule has 0 unspecified atom stereocenters. The largest absolute Gasteiger partial charge is 0.450 e. The van der Waals surface area contributed by atoms with Gasteiger partial charge in [-0.2, -0.15) is 0 Å². The molecule has 2 amide bonds. The van der Waals surface area contributed by atoms with Crippen LogP contribution in [0.15, 0.2) is 42.6 Å². The number of rotatable bonds is 5. The minimum atomic E-state index is -0.326. The molecule has 1 N–H and O–H groups in total. The fraction of sp³-hybridized carbons (Fsp3) is 0.409. The predicted molar refractivity (Wildman–Crippen MR) is 113 cm³/mol. The summed E-state index contributed by atoms with van der Waals surface area (Å²) in [6, 6.07) is 11.8. The Morgan fingerprint density at radius 3 is 2.48 bits per heavy atom. The van der Waals surface area contributed by atoms with Gasteiger partial charge in [-0.15, -0.1) is 0 Å². The van der Waals surface area contributed by atoms with E-state index in [1.54, 1.807) is 29.0 Å². The topological polar surface area (TPSA) is 74.8 Å². The number of aromatic nitrogens is 1. The van der Waals surface area contributed by atoms with Gasteiger partial charge in [0.05, 0.1) is 6.61 Å². The Kier molecular flexibility index (Phi) is 6.69. The first-order chi connectivity index (χ1) is 14.0. The van der Waals surface area contributed by atoms with Crippen LogP contribution in [0, 0.1) is 0 Å². The average Bonchev–Trinajstić information content (AvgIpc) is 2.74. The van der Waals surface area contributed by atoms with E-state index in [1.165, 1.54) is 5.56 Å². The molecule has 154 valence electrons. The number of carbonyl (C=O) groups is 2. The Morgan fingerprint density at radius 2 is 1.79 bits per heavy atom. The molecule has 1 aromatic carbocycles. The zero-order valence-corrected chi connectivity index (χ0v) is 17.2. The third kappa shape index (κ3) is 5.04. The number of amides is 2. The number of nitrogens with zero attached hydrogens (tertiary/aromatic N) is 3. The number of hydrogen-bond donors (Lipinski definition) is 1. The molecule has 7 nitrogen and oxygen atoms in total. The van der Waals surface area contributed by atoms with Crippen molar-refractivity contribution in [2.24, 2.45) is 0 Å². The Labute approximate surface area is 171 Å². The molecule has 0 saturated carbocycles. The second-order valence-electron chi connectivity index (χ2n) is 7.27.